The highest BCUT2D eigenvalue weighted by molar-refractivity contribution is 4.69. The van der Waals surface area contributed by atoms with Crippen molar-refractivity contribution in [3.63, 3.8) is 0 Å². The lowest BCUT2D eigenvalue weighted by atomic mass is 9.96. The molecule has 0 saturated carbocycles. The van der Waals surface area contributed by atoms with Gasteiger partial charge in [0.1, 0.15) is 12.5 Å². The van der Waals surface area contributed by atoms with Crippen LogP contribution in [0.5, 0.6) is 0 Å². The third-order valence-electron chi connectivity index (χ3n) is 4.08. The zero-order chi connectivity index (χ0) is 16.5. The van der Waals surface area contributed by atoms with Gasteiger partial charge in [-0.25, -0.2) is 0 Å². The third kappa shape index (κ3) is 8.15. The molecule has 0 aliphatic carbocycles. The smallest absolute Gasteiger partial charge is 0.107 e. The van der Waals surface area contributed by atoms with Gasteiger partial charge in [0, 0.05) is 5.41 Å². The molecule has 2 atom stereocenters. The van der Waals surface area contributed by atoms with Gasteiger partial charge in [0.15, 0.2) is 0 Å². The molecule has 2 unspecified atom stereocenters. The molecule has 0 aromatic carbocycles. The predicted molar refractivity (Wildman–Crippen MR) is 90.5 cm³/mol. The average molecular weight is 303 g/mol. The van der Waals surface area contributed by atoms with Crippen molar-refractivity contribution < 1.29 is 9.47 Å². The Hall–Kier alpha value is -0.160. The lowest BCUT2D eigenvalue weighted by molar-refractivity contribution is -0.114. The highest BCUT2D eigenvalue weighted by atomic mass is 16.5. The van der Waals surface area contributed by atoms with E-state index in [1.165, 1.54) is 0 Å². The molecule has 4 nitrogen and oxygen atoms in total. The second-order valence-electron chi connectivity index (χ2n) is 6.43. The molecular weight excluding hydrogens is 264 g/mol. The second kappa shape index (κ2) is 10.5. The summed E-state index contributed by atoms with van der Waals surface area (Å²) in [7, 11) is 0. The fourth-order valence-electron chi connectivity index (χ4n) is 2.42. The van der Waals surface area contributed by atoms with Gasteiger partial charge in [-0.2, -0.15) is 0 Å². The molecule has 0 rings (SSSR count). The van der Waals surface area contributed by atoms with Gasteiger partial charge in [-0.05, 0) is 40.0 Å². The van der Waals surface area contributed by atoms with Crippen molar-refractivity contribution in [2.75, 3.05) is 39.4 Å². The van der Waals surface area contributed by atoms with Crippen LogP contribution in [0.2, 0.25) is 0 Å². The zero-order valence-electron chi connectivity index (χ0n) is 15.6. The molecular formula is C17H38N2O2. The monoisotopic (exact) mass is 302 g/mol. The van der Waals surface area contributed by atoms with Crippen molar-refractivity contribution in [1.82, 2.24) is 9.80 Å². The van der Waals surface area contributed by atoms with Crippen molar-refractivity contribution in [3.8, 4) is 0 Å². The topological polar surface area (TPSA) is 24.9 Å². The van der Waals surface area contributed by atoms with Crippen LogP contribution in [-0.4, -0.2) is 61.6 Å². The van der Waals surface area contributed by atoms with E-state index < -0.39 is 0 Å². The van der Waals surface area contributed by atoms with Gasteiger partial charge < -0.3 is 9.47 Å². The van der Waals surface area contributed by atoms with Crippen molar-refractivity contribution in [1.29, 1.82) is 0 Å². The molecule has 21 heavy (non-hydrogen) atoms. The van der Waals surface area contributed by atoms with Crippen molar-refractivity contribution in [2.24, 2.45) is 5.41 Å². The molecule has 0 aromatic rings. The minimum atomic E-state index is 0.0306. The van der Waals surface area contributed by atoms with Crippen LogP contribution in [0.1, 0.15) is 55.4 Å². The Balaban J connectivity index is 4.19. The molecule has 0 heterocycles. The molecule has 4 heteroatoms. The molecule has 0 N–H and O–H groups in total. The summed E-state index contributed by atoms with van der Waals surface area (Å²) in [6.45, 7) is 22.9. The Kier molecular flexibility index (Phi) is 10.5. The van der Waals surface area contributed by atoms with Crippen LogP contribution in [-0.2, 0) is 9.47 Å². The molecule has 0 aliphatic rings. The standard InChI is InChI=1S/C17H38N2O2/c1-9-18(10-2)15(5)20-13-17(7,8)14-21-16(6)19(11-3)12-4/h15-16H,9-14H2,1-8H3. The average Bonchev–Trinajstić information content (AvgIpc) is 2.46. The quantitative estimate of drug-likeness (QED) is 0.516. The maximum Gasteiger partial charge on any atom is 0.107 e. The molecule has 0 saturated heterocycles. The number of hydrogen-bond acceptors (Lipinski definition) is 4. The number of ether oxygens (including phenoxy) is 2. The van der Waals surface area contributed by atoms with Crippen LogP contribution >= 0.6 is 0 Å². The molecule has 0 spiro atoms. The van der Waals surface area contributed by atoms with E-state index in [2.05, 4.69) is 65.2 Å². The third-order valence-corrected chi connectivity index (χ3v) is 4.08. The minimum absolute atomic E-state index is 0.0306. The summed E-state index contributed by atoms with van der Waals surface area (Å²) >= 11 is 0. The van der Waals surface area contributed by atoms with Crippen molar-refractivity contribution in [2.45, 2.75) is 67.8 Å². The summed E-state index contributed by atoms with van der Waals surface area (Å²) in [6, 6.07) is 0. The molecule has 0 amide bonds. The van der Waals surface area contributed by atoms with Crippen molar-refractivity contribution >= 4 is 0 Å². The summed E-state index contributed by atoms with van der Waals surface area (Å²) < 4.78 is 12.1. The molecule has 128 valence electrons. The van der Waals surface area contributed by atoms with Gasteiger partial charge in [-0.1, -0.05) is 41.5 Å². The Morgan fingerprint density at radius 1 is 0.714 bits per heavy atom. The van der Waals surface area contributed by atoms with Gasteiger partial charge in [-0.3, -0.25) is 9.80 Å². The fourth-order valence-corrected chi connectivity index (χ4v) is 2.42. The lowest BCUT2D eigenvalue weighted by Crippen LogP contribution is -2.40. The highest BCUT2D eigenvalue weighted by Gasteiger charge is 2.23. The minimum Gasteiger partial charge on any atom is -0.363 e. The Morgan fingerprint density at radius 2 is 1.00 bits per heavy atom. The largest absolute Gasteiger partial charge is 0.363 e. The van der Waals surface area contributed by atoms with Crippen LogP contribution in [0.15, 0.2) is 0 Å². The molecule has 0 aliphatic heterocycles. The molecule has 0 aromatic heterocycles. The normalized spacial score (nSPS) is 15.7. The maximum atomic E-state index is 6.03. The van der Waals surface area contributed by atoms with Gasteiger partial charge in [0.2, 0.25) is 0 Å². The summed E-state index contributed by atoms with van der Waals surface area (Å²) in [5.41, 5.74) is 0.0306. The first kappa shape index (κ1) is 20.8. The van der Waals surface area contributed by atoms with E-state index in [0.29, 0.717) is 0 Å². The molecule has 0 radical (unpaired) electrons. The fraction of sp³-hybridized carbons (Fsp3) is 1.00. The lowest BCUT2D eigenvalue weighted by Gasteiger charge is -2.33. The predicted octanol–water partition coefficient (Wildman–Crippen LogP) is 3.42. The zero-order valence-corrected chi connectivity index (χ0v) is 15.6. The van der Waals surface area contributed by atoms with E-state index in [9.17, 15) is 0 Å². The Labute approximate surface area is 132 Å². The van der Waals surface area contributed by atoms with E-state index in [1.807, 2.05) is 0 Å². The summed E-state index contributed by atoms with van der Waals surface area (Å²) in [4.78, 5) is 4.63. The first-order valence-corrected chi connectivity index (χ1v) is 8.52. The van der Waals surface area contributed by atoms with E-state index in [1.54, 1.807) is 0 Å². The van der Waals surface area contributed by atoms with Gasteiger partial charge >= 0.3 is 0 Å². The maximum absolute atomic E-state index is 6.03. The van der Waals surface area contributed by atoms with E-state index in [4.69, 9.17) is 9.47 Å². The highest BCUT2D eigenvalue weighted by Crippen LogP contribution is 2.19. The number of hydrogen-bond donors (Lipinski definition) is 0. The first-order chi connectivity index (χ1) is 9.81. The Morgan fingerprint density at radius 3 is 1.24 bits per heavy atom. The van der Waals surface area contributed by atoms with Crippen LogP contribution in [0.4, 0.5) is 0 Å². The second-order valence-corrected chi connectivity index (χ2v) is 6.43. The number of rotatable bonds is 12. The van der Waals surface area contributed by atoms with Crippen LogP contribution in [0, 0.1) is 5.41 Å². The van der Waals surface area contributed by atoms with E-state index >= 15 is 0 Å². The Bertz CT molecular complexity index is 227. The SMILES string of the molecule is CCN(CC)C(C)OCC(C)(C)COC(C)N(CC)CC. The summed E-state index contributed by atoms with van der Waals surface area (Å²) in [5.74, 6) is 0. The first-order valence-electron chi connectivity index (χ1n) is 8.52. The van der Waals surface area contributed by atoms with Crippen LogP contribution in [0.3, 0.4) is 0 Å². The van der Waals surface area contributed by atoms with Gasteiger partial charge in [-0.15, -0.1) is 0 Å². The molecule has 0 bridgehead atoms. The number of nitrogens with zero attached hydrogens (tertiary/aromatic N) is 2. The van der Waals surface area contributed by atoms with Crippen molar-refractivity contribution in [3.05, 3.63) is 0 Å². The summed E-state index contributed by atoms with van der Waals surface area (Å²) in [6.07, 6.45) is 0.332. The van der Waals surface area contributed by atoms with Gasteiger partial charge in [0.25, 0.3) is 0 Å². The van der Waals surface area contributed by atoms with E-state index in [0.717, 1.165) is 39.4 Å². The summed E-state index contributed by atoms with van der Waals surface area (Å²) in [5, 5.41) is 0. The van der Waals surface area contributed by atoms with Crippen LogP contribution in [0.25, 0.3) is 0 Å². The van der Waals surface area contributed by atoms with Gasteiger partial charge in [0.05, 0.1) is 13.2 Å². The van der Waals surface area contributed by atoms with Crippen LogP contribution < -0.4 is 0 Å². The molecule has 0 fully saturated rings. The van der Waals surface area contributed by atoms with E-state index in [-0.39, 0.29) is 17.9 Å².